The molecule has 188 valence electrons. The van der Waals surface area contributed by atoms with Crippen LogP contribution in [-0.2, 0) is 4.79 Å². The first-order valence-electron chi connectivity index (χ1n) is 10.9. The van der Waals surface area contributed by atoms with Crippen LogP contribution in [0.3, 0.4) is 0 Å². The third-order valence-corrected chi connectivity index (χ3v) is 4.64. The van der Waals surface area contributed by atoms with Crippen LogP contribution in [0, 0.1) is 0 Å². The molecule has 1 aromatic rings. The Morgan fingerprint density at radius 3 is 1.91 bits per heavy atom. The lowest BCUT2D eigenvalue weighted by atomic mass is 10.2. The van der Waals surface area contributed by atoms with E-state index in [1.165, 1.54) is 49.6 Å². The molecule has 0 heterocycles. The van der Waals surface area contributed by atoms with Crippen molar-refractivity contribution in [1.29, 1.82) is 0 Å². The van der Waals surface area contributed by atoms with E-state index in [2.05, 4.69) is 46.4 Å². The number of carboxylic acid groups (broad SMARTS) is 2. The quantitative estimate of drug-likeness (QED) is 0.162. The summed E-state index contributed by atoms with van der Waals surface area (Å²) in [7, 11) is 0. The van der Waals surface area contributed by atoms with Crippen LogP contribution in [0.1, 0.15) is 69.2 Å². The average Bonchev–Trinajstić information content (AvgIpc) is 2.82. The molecule has 0 radical (unpaired) electrons. The lowest BCUT2D eigenvalue weighted by Crippen LogP contribution is -2.10. The summed E-state index contributed by atoms with van der Waals surface area (Å²) < 4.78 is 0. The summed E-state index contributed by atoms with van der Waals surface area (Å²) in [6, 6.07) is 6.42. The topological polar surface area (TPSA) is 94.8 Å². The van der Waals surface area contributed by atoms with Gasteiger partial charge in [0.1, 0.15) is 0 Å². The fourth-order valence-corrected chi connectivity index (χ4v) is 2.88. The van der Waals surface area contributed by atoms with Gasteiger partial charge >= 0.3 is 11.9 Å². The maximum Gasteiger partial charge on any atom is 0.335 e. The van der Waals surface area contributed by atoms with Crippen LogP contribution < -0.4 is 0 Å². The Hall–Kier alpha value is -2.57. The molecule has 0 aromatic heterocycles. The second kappa shape index (κ2) is 31.6. The number of benzene rings is 1. The van der Waals surface area contributed by atoms with Gasteiger partial charge in [0.05, 0.1) is 11.7 Å². The van der Waals surface area contributed by atoms with Crippen molar-refractivity contribution in [2.75, 3.05) is 5.75 Å². The molecule has 0 aliphatic carbocycles. The molecule has 0 saturated heterocycles. The third kappa shape index (κ3) is 31.7. The fourth-order valence-electron chi connectivity index (χ4n) is 2.00. The zero-order valence-electron chi connectivity index (χ0n) is 20.5. The van der Waals surface area contributed by atoms with Gasteiger partial charge in [0.2, 0.25) is 0 Å². The average molecular weight is 481 g/mol. The number of allylic oxidation sites excluding steroid dienone is 2. The highest BCUT2D eigenvalue weighted by molar-refractivity contribution is 7.99. The summed E-state index contributed by atoms with van der Waals surface area (Å²) in [4.78, 5) is 21.8. The number of aliphatic carboxylic acids is 1. The van der Waals surface area contributed by atoms with E-state index >= 15 is 0 Å². The van der Waals surface area contributed by atoms with E-state index in [0.29, 0.717) is 18.6 Å². The van der Waals surface area contributed by atoms with E-state index in [1.54, 1.807) is 18.2 Å². The summed E-state index contributed by atoms with van der Waals surface area (Å²) in [5.74, 6) is -1.36. The molecule has 0 bridgehead atoms. The molecule has 0 amide bonds. The number of rotatable bonds is 12. The van der Waals surface area contributed by atoms with E-state index in [9.17, 15) is 14.7 Å². The van der Waals surface area contributed by atoms with Crippen molar-refractivity contribution in [3.63, 3.8) is 0 Å². The molecule has 3 N–H and O–H groups in total. The molecule has 1 atom stereocenters. The zero-order chi connectivity index (χ0) is 26.5. The maximum atomic E-state index is 10.7. The SMILES string of the molecule is C=C.C=C.C=CC.C=CCCCCC.O=C(O)CCCC(O)CSc1ccc(C(=O)O)cc1. The molecule has 0 aliphatic heterocycles. The molecule has 1 rings (SSSR count). The largest absolute Gasteiger partial charge is 0.481 e. The van der Waals surface area contributed by atoms with Crippen LogP contribution in [0.2, 0.25) is 0 Å². The van der Waals surface area contributed by atoms with Gasteiger partial charge in [-0.15, -0.1) is 51.2 Å². The van der Waals surface area contributed by atoms with Crippen molar-refractivity contribution in [3.05, 3.63) is 81.5 Å². The number of carbonyl (C=O) groups is 2. The van der Waals surface area contributed by atoms with E-state index in [4.69, 9.17) is 10.2 Å². The Labute approximate surface area is 205 Å². The van der Waals surface area contributed by atoms with Crippen LogP contribution in [0.5, 0.6) is 0 Å². The summed E-state index contributed by atoms with van der Waals surface area (Å²) >= 11 is 1.42. The molecule has 1 aromatic carbocycles. The highest BCUT2D eigenvalue weighted by Gasteiger charge is 2.07. The van der Waals surface area contributed by atoms with Crippen molar-refractivity contribution in [1.82, 2.24) is 0 Å². The van der Waals surface area contributed by atoms with Gasteiger partial charge in [-0.25, -0.2) is 4.79 Å². The summed E-state index contributed by atoms with van der Waals surface area (Å²) in [5.41, 5.74) is 0.228. The number of carboxylic acids is 2. The Bertz CT molecular complexity index is 597. The van der Waals surface area contributed by atoms with Gasteiger partial charge in [-0.1, -0.05) is 31.9 Å². The first-order valence-corrected chi connectivity index (χ1v) is 11.8. The number of aromatic carboxylic acids is 1. The van der Waals surface area contributed by atoms with Crippen LogP contribution >= 0.6 is 11.8 Å². The second-order valence-electron chi connectivity index (χ2n) is 6.27. The minimum Gasteiger partial charge on any atom is -0.481 e. The van der Waals surface area contributed by atoms with Gasteiger partial charge < -0.3 is 15.3 Å². The Kier molecular flexibility index (Phi) is 36.1. The molecule has 1 unspecified atom stereocenters. The minimum absolute atomic E-state index is 0.0645. The Morgan fingerprint density at radius 2 is 1.52 bits per heavy atom. The van der Waals surface area contributed by atoms with Gasteiger partial charge in [-0.2, -0.15) is 0 Å². The van der Waals surface area contributed by atoms with Crippen molar-refractivity contribution < 1.29 is 24.9 Å². The number of aliphatic hydroxyl groups is 1. The third-order valence-electron chi connectivity index (χ3n) is 3.48. The maximum absolute atomic E-state index is 10.7. The van der Waals surface area contributed by atoms with Crippen LogP contribution in [-0.4, -0.2) is 39.1 Å². The van der Waals surface area contributed by atoms with Gasteiger partial charge in [0, 0.05) is 17.1 Å². The minimum atomic E-state index is -0.967. The number of thioether (sulfide) groups is 1. The first-order chi connectivity index (χ1) is 15.8. The first kappa shape index (κ1) is 37.7. The van der Waals surface area contributed by atoms with Crippen LogP contribution in [0.15, 0.2) is 80.8 Å². The highest BCUT2D eigenvalue weighted by atomic mass is 32.2. The highest BCUT2D eigenvalue weighted by Crippen LogP contribution is 2.20. The molecule has 0 aliphatic rings. The Morgan fingerprint density at radius 1 is 1.00 bits per heavy atom. The molecular weight excluding hydrogens is 436 g/mol. The molecule has 0 saturated carbocycles. The fraction of sp³-hybridized carbons (Fsp3) is 0.407. The number of hydrogen-bond acceptors (Lipinski definition) is 4. The molecule has 33 heavy (non-hydrogen) atoms. The van der Waals surface area contributed by atoms with Gasteiger partial charge in [0.15, 0.2) is 0 Å². The van der Waals surface area contributed by atoms with E-state index in [-0.39, 0.29) is 12.0 Å². The van der Waals surface area contributed by atoms with Crippen molar-refractivity contribution >= 4 is 23.7 Å². The second-order valence-corrected chi connectivity index (χ2v) is 7.37. The predicted octanol–water partition coefficient (Wildman–Crippen LogP) is 7.64. The van der Waals surface area contributed by atoms with Crippen molar-refractivity contribution in [3.8, 4) is 0 Å². The van der Waals surface area contributed by atoms with Crippen molar-refractivity contribution in [2.45, 2.75) is 69.8 Å². The molecule has 6 heteroatoms. The number of hydrogen-bond donors (Lipinski definition) is 3. The van der Waals surface area contributed by atoms with Crippen LogP contribution in [0.25, 0.3) is 0 Å². The molecule has 0 fully saturated rings. The van der Waals surface area contributed by atoms with Gasteiger partial charge in [-0.3, -0.25) is 4.79 Å². The van der Waals surface area contributed by atoms with E-state index < -0.39 is 18.0 Å². The normalized spacial score (nSPS) is 9.42. The smallest absolute Gasteiger partial charge is 0.335 e. The lowest BCUT2D eigenvalue weighted by molar-refractivity contribution is -0.137. The molecular formula is C27H44O5S. The van der Waals surface area contributed by atoms with E-state index in [1.807, 2.05) is 13.0 Å². The molecule has 5 nitrogen and oxygen atoms in total. The summed E-state index contributed by atoms with van der Waals surface area (Å²) in [6.07, 6.45) is 9.32. The Balaban J connectivity index is -0.000000249. The monoisotopic (exact) mass is 480 g/mol. The lowest BCUT2D eigenvalue weighted by Gasteiger charge is -2.09. The molecule has 0 spiro atoms. The number of unbranched alkanes of at least 4 members (excludes halogenated alkanes) is 3. The zero-order valence-corrected chi connectivity index (χ0v) is 21.3. The standard InChI is InChI=1S/C13H16O5S.C7H14.C3H6.2C2H4/c14-10(2-1-3-12(15)16)8-19-11-6-4-9(5-7-11)13(17)18;1-3-5-7-6-4-2;1-3-2;2*1-2/h4-7,10,14H,1-3,8H2,(H,15,16)(H,17,18);3H,1,4-7H2,2H3;3H,1H2,2H3;2*1-2H2. The van der Waals surface area contributed by atoms with Crippen molar-refractivity contribution in [2.24, 2.45) is 0 Å². The van der Waals surface area contributed by atoms with Gasteiger partial charge in [0.25, 0.3) is 0 Å². The predicted molar refractivity (Wildman–Crippen MR) is 144 cm³/mol. The number of aliphatic hydroxyl groups excluding tert-OH is 1. The van der Waals surface area contributed by atoms with Crippen LogP contribution in [0.4, 0.5) is 0 Å². The summed E-state index contributed by atoms with van der Waals surface area (Å²) in [6.45, 7) is 23.1. The summed E-state index contributed by atoms with van der Waals surface area (Å²) in [5, 5.41) is 26.9. The van der Waals surface area contributed by atoms with Gasteiger partial charge in [-0.05, 0) is 56.9 Å². The van der Waals surface area contributed by atoms with E-state index in [0.717, 1.165) is 4.90 Å².